The zero-order valence-electron chi connectivity index (χ0n) is 11.9. The first-order valence-corrected chi connectivity index (χ1v) is 6.37. The smallest absolute Gasteiger partial charge is 0.216 e. The number of carbonyl (C=O) groups excluding carboxylic acids is 2. The number of hydrogen-bond donors (Lipinski definition) is 4. The molecule has 0 bridgehead atoms. The highest BCUT2D eigenvalue weighted by Gasteiger charge is 2.23. The molecule has 7 heteroatoms. The van der Waals surface area contributed by atoms with E-state index in [0.29, 0.717) is 6.29 Å². The summed E-state index contributed by atoms with van der Waals surface area (Å²) >= 11 is 0. The quantitative estimate of drug-likeness (QED) is 0.532. The van der Waals surface area contributed by atoms with Gasteiger partial charge in [-0.25, -0.2) is 0 Å². The van der Waals surface area contributed by atoms with Gasteiger partial charge < -0.3 is 25.4 Å². The van der Waals surface area contributed by atoms with Gasteiger partial charge in [-0.15, -0.1) is 0 Å². The molecule has 0 saturated heterocycles. The van der Waals surface area contributed by atoms with Crippen LogP contribution in [0.25, 0.3) is 0 Å². The number of aromatic hydroxyl groups is 1. The van der Waals surface area contributed by atoms with Crippen LogP contribution < -0.4 is 10.1 Å². The zero-order chi connectivity index (χ0) is 16.0. The molecule has 1 aromatic carbocycles. The summed E-state index contributed by atoms with van der Waals surface area (Å²) in [7, 11) is 1.33. The topological polar surface area (TPSA) is 116 Å². The largest absolute Gasteiger partial charge is 0.504 e. The van der Waals surface area contributed by atoms with Gasteiger partial charge in [-0.2, -0.15) is 0 Å². The van der Waals surface area contributed by atoms with Crippen molar-refractivity contribution in [1.82, 2.24) is 5.32 Å². The van der Waals surface area contributed by atoms with Crippen molar-refractivity contribution in [1.29, 1.82) is 0 Å². The Morgan fingerprint density at radius 2 is 2.10 bits per heavy atom. The number of aldehydes is 1. The molecule has 0 heterocycles. The Bertz CT molecular complexity index is 516. The second kappa shape index (κ2) is 7.61. The van der Waals surface area contributed by atoms with Gasteiger partial charge in [0.2, 0.25) is 5.91 Å². The molecule has 21 heavy (non-hydrogen) atoms. The SMILES string of the molecule is COc1cc(C(O)C(O)CCNC(C)=O)c(C=O)cc1O. The van der Waals surface area contributed by atoms with Gasteiger partial charge in [0.25, 0.3) is 0 Å². The average Bonchev–Trinajstić information content (AvgIpc) is 2.45. The van der Waals surface area contributed by atoms with Gasteiger partial charge in [0.15, 0.2) is 17.8 Å². The molecule has 1 aromatic rings. The van der Waals surface area contributed by atoms with Crippen LogP contribution in [0.15, 0.2) is 12.1 Å². The first-order valence-electron chi connectivity index (χ1n) is 6.37. The van der Waals surface area contributed by atoms with E-state index in [1.165, 1.54) is 20.1 Å². The van der Waals surface area contributed by atoms with Crippen molar-refractivity contribution < 1.29 is 29.6 Å². The highest BCUT2D eigenvalue weighted by atomic mass is 16.5. The molecule has 2 atom stereocenters. The van der Waals surface area contributed by atoms with Crippen molar-refractivity contribution in [2.45, 2.75) is 25.6 Å². The predicted molar refractivity (Wildman–Crippen MR) is 74.3 cm³/mol. The molecule has 0 aliphatic heterocycles. The van der Waals surface area contributed by atoms with Crippen LogP contribution in [0, 0.1) is 0 Å². The zero-order valence-corrected chi connectivity index (χ0v) is 11.9. The van der Waals surface area contributed by atoms with Crippen molar-refractivity contribution in [2.24, 2.45) is 0 Å². The molecular weight excluding hydrogens is 278 g/mol. The van der Waals surface area contributed by atoms with Crippen LogP contribution in [0.3, 0.4) is 0 Å². The van der Waals surface area contributed by atoms with Gasteiger partial charge >= 0.3 is 0 Å². The van der Waals surface area contributed by atoms with Crippen LogP contribution in [0.5, 0.6) is 11.5 Å². The van der Waals surface area contributed by atoms with E-state index in [9.17, 15) is 24.9 Å². The van der Waals surface area contributed by atoms with Crippen molar-refractivity contribution in [2.75, 3.05) is 13.7 Å². The first-order chi connectivity index (χ1) is 9.90. The van der Waals surface area contributed by atoms with Gasteiger partial charge in [-0.3, -0.25) is 9.59 Å². The summed E-state index contributed by atoms with van der Waals surface area (Å²) in [5.41, 5.74) is 0.203. The number of ether oxygens (including phenoxy) is 1. The van der Waals surface area contributed by atoms with Crippen LogP contribution in [-0.4, -0.2) is 47.3 Å². The van der Waals surface area contributed by atoms with E-state index < -0.39 is 12.2 Å². The number of benzene rings is 1. The molecular formula is C14H19NO6. The lowest BCUT2D eigenvalue weighted by atomic mass is 9.97. The van der Waals surface area contributed by atoms with Crippen LogP contribution in [0.4, 0.5) is 0 Å². The maximum absolute atomic E-state index is 11.0. The van der Waals surface area contributed by atoms with Gasteiger partial charge in [0, 0.05) is 19.0 Å². The monoisotopic (exact) mass is 297 g/mol. The maximum Gasteiger partial charge on any atom is 0.216 e. The average molecular weight is 297 g/mol. The third-order valence-corrected chi connectivity index (χ3v) is 3.01. The van der Waals surface area contributed by atoms with E-state index in [1.807, 2.05) is 0 Å². The highest BCUT2D eigenvalue weighted by Crippen LogP contribution is 2.33. The number of rotatable bonds is 7. The summed E-state index contributed by atoms with van der Waals surface area (Å²) in [5.74, 6) is -0.386. The van der Waals surface area contributed by atoms with E-state index in [-0.39, 0.29) is 41.5 Å². The number of aliphatic hydroxyl groups excluding tert-OH is 2. The summed E-state index contributed by atoms with van der Waals surface area (Å²) in [6, 6.07) is 2.45. The summed E-state index contributed by atoms with van der Waals surface area (Å²) < 4.78 is 4.91. The second-order valence-corrected chi connectivity index (χ2v) is 4.55. The fourth-order valence-corrected chi connectivity index (χ4v) is 1.88. The molecule has 4 N–H and O–H groups in total. The molecule has 7 nitrogen and oxygen atoms in total. The molecule has 1 amide bonds. The van der Waals surface area contributed by atoms with E-state index in [4.69, 9.17) is 4.74 Å². The lowest BCUT2D eigenvalue weighted by Crippen LogP contribution is -2.28. The van der Waals surface area contributed by atoms with Crippen molar-refractivity contribution in [3.8, 4) is 11.5 Å². The maximum atomic E-state index is 11.0. The van der Waals surface area contributed by atoms with E-state index >= 15 is 0 Å². The summed E-state index contributed by atoms with van der Waals surface area (Å²) in [6.45, 7) is 1.54. The number of aliphatic hydroxyl groups is 2. The Kier molecular flexibility index (Phi) is 6.13. The first kappa shape index (κ1) is 16.9. The Hall–Kier alpha value is -2.12. The summed E-state index contributed by atoms with van der Waals surface area (Å²) in [6.07, 6.45) is -1.93. The molecule has 0 fully saturated rings. The Labute approximate surface area is 122 Å². The fourth-order valence-electron chi connectivity index (χ4n) is 1.88. The van der Waals surface area contributed by atoms with Crippen LogP contribution in [-0.2, 0) is 4.79 Å². The number of amides is 1. The number of phenolic OH excluding ortho intramolecular Hbond substituents is 1. The fraction of sp³-hybridized carbons (Fsp3) is 0.429. The number of hydrogen-bond acceptors (Lipinski definition) is 6. The molecule has 0 saturated carbocycles. The van der Waals surface area contributed by atoms with Gasteiger partial charge in [-0.05, 0) is 24.1 Å². The molecule has 0 aliphatic rings. The van der Waals surface area contributed by atoms with Gasteiger partial charge in [-0.1, -0.05) is 0 Å². The van der Waals surface area contributed by atoms with E-state index in [0.717, 1.165) is 6.07 Å². The molecule has 0 spiro atoms. The Morgan fingerprint density at radius 1 is 1.43 bits per heavy atom. The minimum Gasteiger partial charge on any atom is -0.504 e. The Balaban J connectivity index is 2.91. The number of carbonyl (C=O) groups is 2. The molecule has 2 unspecified atom stereocenters. The summed E-state index contributed by atoms with van der Waals surface area (Å²) in [5, 5.41) is 32.1. The molecule has 0 radical (unpaired) electrons. The Morgan fingerprint density at radius 3 is 2.62 bits per heavy atom. The number of nitrogens with one attached hydrogen (secondary N) is 1. The third kappa shape index (κ3) is 4.44. The molecule has 0 aliphatic carbocycles. The van der Waals surface area contributed by atoms with Crippen LogP contribution in [0.2, 0.25) is 0 Å². The molecule has 1 rings (SSSR count). The standard InChI is InChI=1S/C14H19NO6/c1-8(17)15-4-3-11(18)14(20)10-6-13(21-2)12(19)5-9(10)7-16/h5-7,11,14,18-20H,3-4H2,1-2H3,(H,15,17). The number of methoxy groups -OCH3 is 1. The number of phenols is 1. The molecule has 116 valence electrons. The van der Waals surface area contributed by atoms with Crippen LogP contribution >= 0.6 is 0 Å². The third-order valence-electron chi connectivity index (χ3n) is 3.01. The minimum atomic E-state index is -1.34. The molecule has 0 aromatic heterocycles. The van der Waals surface area contributed by atoms with Crippen LogP contribution in [0.1, 0.15) is 35.4 Å². The van der Waals surface area contributed by atoms with Gasteiger partial charge in [0.1, 0.15) is 6.10 Å². The highest BCUT2D eigenvalue weighted by molar-refractivity contribution is 5.79. The predicted octanol–water partition coefficient (Wildman–Crippen LogP) is 0.134. The normalized spacial score (nSPS) is 13.3. The van der Waals surface area contributed by atoms with E-state index in [1.54, 1.807) is 0 Å². The summed E-state index contributed by atoms with van der Waals surface area (Å²) in [4.78, 5) is 21.7. The lowest BCUT2D eigenvalue weighted by molar-refractivity contribution is -0.119. The minimum absolute atomic E-state index is 0.0550. The van der Waals surface area contributed by atoms with Crippen molar-refractivity contribution in [3.63, 3.8) is 0 Å². The van der Waals surface area contributed by atoms with Crippen molar-refractivity contribution in [3.05, 3.63) is 23.3 Å². The lowest BCUT2D eigenvalue weighted by Gasteiger charge is -2.20. The van der Waals surface area contributed by atoms with E-state index in [2.05, 4.69) is 5.32 Å². The second-order valence-electron chi connectivity index (χ2n) is 4.55. The van der Waals surface area contributed by atoms with Crippen molar-refractivity contribution >= 4 is 12.2 Å². The van der Waals surface area contributed by atoms with Gasteiger partial charge in [0.05, 0.1) is 13.2 Å².